The molecule has 0 radical (unpaired) electrons. The summed E-state index contributed by atoms with van der Waals surface area (Å²) in [6.45, 7) is 0. The molecular formula is C14H12Cl3N3O. The summed E-state index contributed by atoms with van der Waals surface area (Å²) in [6.07, 6.45) is 3.29. The lowest BCUT2D eigenvalue weighted by Crippen LogP contribution is -1.89. The van der Waals surface area contributed by atoms with Gasteiger partial charge < -0.3 is 10.5 Å². The van der Waals surface area contributed by atoms with Gasteiger partial charge in [0.25, 0.3) is 0 Å². The number of ether oxygens (including phenoxy) is 1. The van der Waals surface area contributed by atoms with Crippen molar-refractivity contribution in [2.24, 2.45) is 0 Å². The predicted octanol–water partition coefficient (Wildman–Crippen LogP) is 4.50. The minimum absolute atomic E-state index is 0. The number of pyridine rings is 2. The van der Waals surface area contributed by atoms with Crippen LogP contribution in [0, 0.1) is 0 Å². The lowest BCUT2D eigenvalue weighted by Gasteiger charge is -2.08. The lowest BCUT2D eigenvalue weighted by molar-refractivity contribution is 0.488. The van der Waals surface area contributed by atoms with Gasteiger partial charge in [-0.1, -0.05) is 11.6 Å². The molecule has 0 fully saturated rings. The number of halogens is 3. The highest BCUT2D eigenvalue weighted by Gasteiger charge is 2.05. The molecule has 0 spiro atoms. The summed E-state index contributed by atoms with van der Waals surface area (Å²) in [4.78, 5) is 8.22. The summed E-state index contributed by atoms with van der Waals surface area (Å²) in [5.41, 5.74) is 7.07. The fourth-order valence-electron chi connectivity index (χ4n) is 1.75. The number of aromatic nitrogens is 2. The third-order valence-electron chi connectivity index (χ3n) is 2.66. The molecule has 21 heavy (non-hydrogen) atoms. The zero-order valence-electron chi connectivity index (χ0n) is 10.7. The van der Waals surface area contributed by atoms with Crippen LogP contribution in [-0.2, 0) is 0 Å². The van der Waals surface area contributed by atoms with E-state index in [0.29, 0.717) is 22.3 Å². The second kappa shape index (κ2) is 7.31. The van der Waals surface area contributed by atoms with Gasteiger partial charge in [-0.3, -0.25) is 4.98 Å². The van der Waals surface area contributed by atoms with Crippen LogP contribution in [0.4, 0.5) is 5.69 Å². The summed E-state index contributed by atoms with van der Waals surface area (Å²) >= 11 is 5.90. The molecule has 3 rings (SSSR count). The number of hydrogen-bond donors (Lipinski definition) is 1. The van der Waals surface area contributed by atoms with E-state index in [1.165, 1.54) is 0 Å². The fourth-order valence-corrected chi connectivity index (χ4v) is 1.91. The Bertz CT molecular complexity index is 735. The van der Waals surface area contributed by atoms with Crippen molar-refractivity contribution >= 4 is 53.0 Å². The van der Waals surface area contributed by atoms with Gasteiger partial charge in [0.15, 0.2) is 0 Å². The van der Waals surface area contributed by atoms with E-state index in [2.05, 4.69) is 9.97 Å². The van der Waals surface area contributed by atoms with Crippen LogP contribution < -0.4 is 10.5 Å². The van der Waals surface area contributed by atoms with Crippen molar-refractivity contribution in [2.45, 2.75) is 0 Å². The molecule has 0 aliphatic carbocycles. The summed E-state index contributed by atoms with van der Waals surface area (Å²) in [5.74, 6) is 1.38. The van der Waals surface area contributed by atoms with Gasteiger partial charge >= 0.3 is 0 Å². The fraction of sp³-hybridized carbons (Fsp3) is 0. The molecule has 0 bridgehead atoms. The molecule has 0 atom stereocenters. The molecule has 2 N–H and O–H groups in total. The molecule has 0 amide bonds. The Kier molecular flexibility index (Phi) is 6.03. The normalized spacial score (nSPS) is 9.57. The first-order valence-corrected chi connectivity index (χ1v) is 6.04. The average molecular weight is 345 g/mol. The lowest BCUT2D eigenvalue weighted by atomic mass is 10.2. The van der Waals surface area contributed by atoms with Gasteiger partial charge in [0.05, 0.1) is 11.7 Å². The Morgan fingerprint density at radius 3 is 2.43 bits per heavy atom. The minimum Gasteiger partial charge on any atom is -0.457 e. The number of nitrogens with two attached hydrogens (primary N) is 1. The summed E-state index contributed by atoms with van der Waals surface area (Å²) in [6, 6.07) is 10.7. The summed E-state index contributed by atoms with van der Waals surface area (Å²) in [5, 5.41) is 1.22. The maximum Gasteiger partial charge on any atom is 0.138 e. The van der Waals surface area contributed by atoms with E-state index in [0.717, 1.165) is 10.9 Å². The van der Waals surface area contributed by atoms with Crippen LogP contribution in [0.1, 0.15) is 0 Å². The first kappa shape index (κ1) is 17.3. The zero-order valence-corrected chi connectivity index (χ0v) is 13.1. The molecular weight excluding hydrogens is 333 g/mol. The first-order chi connectivity index (χ1) is 9.22. The van der Waals surface area contributed by atoms with Gasteiger partial charge in [0.2, 0.25) is 0 Å². The quantitative estimate of drug-likeness (QED) is 0.549. The van der Waals surface area contributed by atoms with Crippen molar-refractivity contribution < 1.29 is 4.74 Å². The molecule has 0 saturated heterocycles. The molecule has 4 nitrogen and oxygen atoms in total. The number of fused-ring (bicyclic) bond motifs is 1. The van der Waals surface area contributed by atoms with E-state index in [1.54, 1.807) is 36.7 Å². The smallest absolute Gasteiger partial charge is 0.138 e. The van der Waals surface area contributed by atoms with Crippen molar-refractivity contribution in [3.63, 3.8) is 0 Å². The van der Waals surface area contributed by atoms with Gasteiger partial charge in [-0.25, -0.2) is 4.98 Å². The van der Waals surface area contributed by atoms with Crippen LogP contribution in [0.25, 0.3) is 10.9 Å². The third kappa shape index (κ3) is 3.88. The number of anilines is 1. The second-order valence-electron chi connectivity index (χ2n) is 4.00. The van der Waals surface area contributed by atoms with Gasteiger partial charge in [0, 0.05) is 17.3 Å². The van der Waals surface area contributed by atoms with Crippen molar-refractivity contribution in [3.05, 3.63) is 53.9 Å². The maximum atomic E-state index is 5.90. The highest BCUT2D eigenvalue weighted by atomic mass is 35.5. The van der Waals surface area contributed by atoms with E-state index in [-0.39, 0.29) is 24.8 Å². The molecule has 0 unspecified atom stereocenters. The highest BCUT2D eigenvalue weighted by Crippen LogP contribution is 2.29. The Hall–Kier alpha value is -1.75. The highest BCUT2D eigenvalue weighted by molar-refractivity contribution is 6.30. The van der Waals surface area contributed by atoms with E-state index < -0.39 is 0 Å². The molecule has 2 aromatic heterocycles. The Morgan fingerprint density at radius 2 is 1.71 bits per heavy atom. The van der Waals surface area contributed by atoms with E-state index in [4.69, 9.17) is 22.1 Å². The van der Waals surface area contributed by atoms with Crippen LogP contribution in [0.2, 0.25) is 5.15 Å². The number of nitrogens with zero attached hydrogens (tertiary/aromatic N) is 2. The molecule has 0 aliphatic heterocycles. The minimum atomic E-state index is 0. The monoisotopic (exact) mass is 343 g/mol. The Labute approximate surface area is 139 Å². The average Bonchev–Trinajstić information content (AvgIpc) is 2.42. The number of hydrogen-bond acceptors (Lipinski definition) is 4. The molecule has 110 valence electrons. The van der Waals surface area contributed by atoms with E-state index >= 15 is 0 Å². The maximum absolute atomic E-state index is 5.90. The topological polar surface area (TPSA) is 61.0 Å². The molecule has 0 saturated carbocycles. The zero-order chi connectivity index (χ0) is 13.2. The number of nitrogen functional groups attached to an aromatic ring is 1. The van der Waals surface area contributed by atoms with Gasteiger partial charge in [-0.05, 0) is 36.4 Å². The summed E-state index contributed by atoms with van der Waals surface area (Å²) < 4.78 is 5.82. The van der Waals surface area contributed by atoms with Crippen molar-refractivity contribution in [3.8, 4) is 11.5 Å². The van der Waals surface area contributed by atoms with Crippen LogP contribution in [-0.4, -0.2) is 9.97 Å². The van der Waals surface area contributed by atoms with E-state index in [9.17, 15) is 0 Å². The molecule has 0 aliphatic rings. The molecule has 3 aromatic rings. The number of benzene rings is 1. The van der Waals surface area contributed by atoms with Crippen LogP contribution >= 0.6 is 36.4 Å². The van der Waals surface area contributed by atoms with Crippen molar-refractivity contribution in [1.82, 2.24) is 9.97 Å². The number of rotatable bonds is 2. The van der Waals surface area contributed by atoms with E-state index in [1.807, 2.05) is 12.1 Å². The Balaban J connectivity index is 0.00000110. The van der Waals surface area contributed by atoms with Gasteiger partial charge in [-0.2, -0.15) is 0 Å². The molecule has 1 aromatic carbocycles. The third-order valence-corrected chi connectivity index (χ3v) is 2.87. The largest absolute Gasteiger partial charge is 0.457 e. The van der Waals surface area contributed by atoms with Gasteiger partial charge in [-0.15, -0.1) is 24.8 Å². The van der Waals surface area contributed by atoms with Gasteiger partial charge in [0.1, 0.15) is 16.7 Å². The molecule has 7 heteroatoms. The Morgan fingerprint density at radius 1 is 1.00 bits per heavy atom. The first-order valence-electron chi connectivity index (χ1n) is 5.66. The predicted molar refractivity (Wildman–Crippen MR) is 90.0 cm³/mol. The second-order valence-corrected chi connectivity index (χ2v) is 4.39. The molecule has 2 heterocycles. The van der Waals surface area contributed by atoms with Crippen LogP contribution in [0.5, 0.6) is 11.5 Å². The van der Waals surface area contributed by atoms with Crippen molar-refractivity contribution in [1.29, 1.82) is 0 Å². The SMILES string of the molecule is Cl.Cl.Nc1ccc(Oc2ccnc3cnc(Cl)cc23)cc1. The standard InChI is InChI=1S/C14H10ClN3O.2ClH/c15-14-7-11-12(8-18-14)17-6-5-13(11)19-10-3-1-9(16)2-4-10;;/h1-8H,16H2;2*1H. The van der Waals surface area contributed by atoms with Crippen LogP contribution in [0.3, 0.4) is 0 Å². The van der Waals surface area contributed by atoms with Crippen LogP contribution in [0.15, 0.2) is 48.8 Å². The van der Waals surface area contributed by atoms with Crippen molar-refractivity contribution in [2.75, 3.05) is 5.73 Å². The summed E-state index contributed by atoms with van der Waals surface area (Å²) in [7, 11) is 0.